The van der Waals surface area contributed by atoms with E-state index in [-0.39, 0.29) is 5.82 Å². The maximum atomic E-state index is 13.1. The maximum Gasteiger partial charge on any atom is 0.237 e. The first-order valence-corrected chi connectivity index (χ1v) is 9.54. The summed E-state index contributed by atoms with van der Waals surface area (Å²) in [6, 6.07) is 15.8. The molecule has 0 spiro atoms. The summed E-state index contributed by atoms with van der Waals surface area (Å²) in [6.45, 7) is 4.41. The van der Waals surface area contributed by atoms with Gasteiger partial charge in [-0.05, 0) is 24.3 Å². The van der Waals surface area contributed by atoms with Gasteiger partial charge in [0.05, 0.1) is 5.75 Å². The van der Waals surface area contributed by atoms with Gasteiger partial charge in [-0.2, -0.15) is 4.98 Å². The predicted molar refractivity (Wildman–Crippen MR) is 105 cm³/mol. The van der Waals surface area contributed by atoms with E-state index in [4.69, 9.17) is 4.52 Å². The number of hydrogen-bond acceptors (Lipinski definition) is 6. The second-order valence-corrected chi connectivity index (χ2v) is 6.82. The minimum Gasteiger partial charge on any atom is -0.338 e. The molecule has 4 rings (SSSR count). The van der Waals surface area contributed by atoms with Gasteiger partial charge in [0.1, 0.15) is 5.82 Å². The van der Waals surface area contributed by atoms with Crippen LogP contribution in [0.2, 0.25) is 0 Å². The molecule has 0 atom stereocenters. The van der Waals surface area contributed by atoms with Crippen LogP contribution in [0.25, 0.3) is 22.8 Å². The summed E-state index contributed by atoms with van der Waals surface area (Å²) in [5, 5.41) is 13.3. The molecule has 0 saturated carbocycles. The molecule has 140 valence electrons. The molecule has 2 aromatic carbocycles. The van der Waals surface area contributed by atoms with Crippen LogP contribution in [0, 0.1) is 5.82 Å². The highest BCUT2D eigenvalue weighted by Crippen LogP contribution is 2.26. The smallest absolute Gasteiger partial charge is 0.237 e. The van der Waals surface area contributed by atoms with Gasteiger partial charge in [0, 0.05) is 17.7 Å². The van der Waals surface area contributed by atoms with Crippen molar-refractivity contribution < 1.29 is 8.91 Å². The molecule has 0 bridgehead atoms. The van der Waals surface area contributed by atoms with Crippen molar-refractivity contribution >= 4 is 11.8 Å². The summed E-state index contributed by atoms with van der Waals surface area (Å²) in [7, 11) is 0. The van der Waals surface area contributed by atoms with Crippen molar-refractivity contribution in [3.8, 4) is 22.8 Å². The topological polar surface area (TPSA) is 69.6 Å². The lowest BCUT2D eigenvalue weighted by atomic mass is 10.2. The molecule has 0 radical (unpaired) electrons. The summed E-state index contributed by atoms with van der Waals surface area (Å²) in [5.41, 5.74) is 1.68. The zero-order chi connectivity index (χ0) is 19.3. The Bertz CT molecular complexity index is 1080. The van der Waals surface area contributed by atoms with Crippen molar-refractivity contribution in [2.75, 3.05) is 0 Å². The first kappa shape index (κ1) is 18.1. The number of halogens is 1. The highest BCUT2D eigenvalue weighted by atomic mass is 32.2. The van der Waals surface area contributed by atoms with E-state index < -0.39 is 0 Å². The molecule has 4 aromatic rings. The van der Waals surface area contributed by atoms with Crippen LogP contribution in [0.4, 0.5) is 4.39 Å². The Morgan fingerprint density at radius 1 is 1.04 bits per heavy atom. The second-order valence-electron chi connectivity index (χ2n) is 5.88. The highest BCUT2D eigenvalue weighted by molar-refractivity contribution is 7.98. The minimum absolute atomic E-state index is 0.307. The number of hydrogen-bond donors (Lipinski definition) is 0. The summed E-state index contributed by atoms with van der Waals surface area (Å²) in [6.07, 6.45) is 1.80. The number of rotatable bonds is 7. The van der Waals surface area contributed by atoms with Crippen LogP contribution in [0.15, 0.2) is 76.9 Å². The van der Waals surface area contributed by atoms with E-state index in [2.05, 4.69) is 26.9 Å². The molecule has 0 unspecified atom stereocenters. The SMILES string of the molecule is C=CCn1c(SCc2nc(-c3ccc(F)cc3)no2)nnc1-c1ccccc1. The summed E-state index contributed by atoms with van der Waals surface area (Å²) in [5.74, 6) is 1.80. The van der Waals surface area contributed by atoms with Gasteiger partial charge < -0.3 is 4.52 Å². The Morgan fingerprint density at radius 3 is 2.57 bits per heavy atom. The third-order valence-electron chi connectivity index (χ3n) is 3.96. The maximum absolute atomic E-state index is 13.1. The Labute approximate surface area is 165 Å². The van der Waals surface area contributed by atoms with Crippen molar-refractivity contribution in [2.24, 2.45) is 0 Å². The first-order chi connectivity index (χ1) is 13.7. The van der Waals surface area contributed by atoms with Crippen LogP contribution in [0.5, 0.6) is 0 Å². The molecule has 0 saturated heterocycles. The minimum atomic E-state index is -0.307. The standard InChI is InChI=1S/C20H16FN5OS/c1-2-12-26-19(15-6-4-3-5-7-15)23-24-20(26)28-13-17-22-18(25-27-17)14-8-10-16(21)11-9-14/h2-11H,1,12-13H2. The molecule has 2 aromatic heterocycles. The molecule has 0 aliphatic heterocycles. The van der Waals surface area contributed by atoms with Crippen LogP contribution in [0.1, 0.15) is 5.89 Å². The van der Waals surface area contributed by atoms with Crippen molar-refractivity contribution in [3.05, 3.63) is 79.0 Å². The van der Waals surface area contributed by atoms with Crippen molar-refractivity contribution in [2.45, 2.75) is 17.5 Å². The second kappa shape index (κ2) is 8.18. The third-order valence-corrected chi connectivity index (χ3v) is 4.91. The molecule has 0 fully saturated rings. The summed E-state index contributed by atoms with van der Waals surface area (Å²) in [4.78, 5) is 4.37. The lowest BCUT2D eigenvalue weighted by Crippen LogP contribution is -2.00. The molecule has 2 heterocycles. The molecular formula is C20H16FN5OS. The fraction of sp³-hybridized carbons (Fsp3) is 0.100. The van der Waals surface area contributed by atoms with E-state index in [1.54, 1.807) is 18.2 Å². The van der Waals surface area contributed by atoms with Gasteiger partial charge in [0.15, 0.2) is 11.0 Å². The zero-order valence-electron chi connectivity index (χ0n) is 14.8. The lowest BCUT2D eigenvalue weighted by Gasteiger charge is -2.06. The zero-order valence-corrected chi connectivity index (χ0v) is 15.6. The molecule has 0 aliphatic rings. The largest absolute Gasteiger partial charge is 0.338 e. The van der Waals surface area contributed by atoms with Crippen LogP contribution >= 0.6 is 11.8 Å². The third kappa shape index (κ3) is 3.86. The van der Waals surface area contributed by atoms with E-state index >= 15 is 0 Å². The Balaban J connectivity index is 1.52. The average Bonchev–Trinajstić information content (AvgIpc) is 3.35. The number of benzene rings is 2. The van der Waals surface area contributed by atoms with E-state index in [9.17, 15) is 4.39 Å². The van der Waals surface area contributed by atoms with E-state index in [1.165, 1.54) is 23.9 Å². The highest BCUT2D eigenvalue weighted by Gasteiger charge is 2.15. The lowest BCUT2D eigenvalue weighted by molar-refractivity contribution is 0.391. The molecular weight excluding hydrogens is 377 g/mol. The van der Waals surface area contributed by atoms with Crippen molar-refractivity contribution in [1.29, 1.82) is 0 Å². The van der Waals surface area contributed by atoms with Gasteiger partial charge in [-0.3, -0.25) is 4.57 Å². The molecule has 28 heavy (non-hydrogen) atoms. The van der Waals surface area contributed by atoms with Crippen LogP contribution in [-0.4, -0.2) is 24.9 Å². The fourth-order valence-corrected chi connectivity index (χ4v) is 3.43. The van der Waals surface area contributed by atoms with Gasteiger partial charge >= 0.3 is 0 Å². The molecule has 0 aliphatic carbocycles. The Morgan fingerprint density at radius 2 is 1.82 bits per heavy atom. The molecule has 0 amide bonds. The van der Waals surface area contributed by atoms with E-state index in [1.807, 2.05) is 34.9 Å². The van der Waals surface area contributed by atoms with Crippen molar-refractivity contribution in [1.82, 2.24) is 24.9 Å². The molecule has 0 N–H and O–H groups in total. The van der Waals surface area contributed by atoms with Crippen molar-refractivity contribution in [3.63, 3.8) is 0 Å². The van der Waals surface area contributed by atoms with Gasteiger partial charge in [0.25, 0.3) is 0 Å². The number of thioether (sulfide) groups is 1. The van der Waals surface area contributed by atoms with E-state index in [0.717, 1.165) is 16.5 Å². The number of aromatic nitrogens is 5. The summed E-state index contributed by atoms with van der Waals surface area (Å²) < 4.78 is 20.4. The monoisotopic (exact) mass is 393 g/mol. The fourth-order valence-electron chi connectivity index (χ4n) is 2.65. The number of allylic oxidation sites excluding steroid dienone is 1. The molecule has 6 nitrogen and oxygen atoms in total. The summed E-state index contributed by atoms with van der Waals surface area (Å²) >= 11 is 1.45. The van der Waals surface area contributed by atoms with Gasteiger partial charge in [0.2, 0.25) is 11.7 Å². The quantitative estimate of drug-likeness (QED) is 0.337. The van der Waals surface area contributed by atoms with Crippen LogP contribution < -0.4 is 0 Å². The first-order valence-electron chi connectivity index (χ1n) is 8.55. The average molecular weight is 393 g/mol. The Kier molecular flexibility index (Phi) is 5.29. The normalized spacial score (nSPS) is 10.9. The Hall–Kier alpha value is -3.26. The van der Waals surface area contributed by atoms with Gasteiger partial charge in [-0.15, -0.1) is 16.8 Å². The predicted octanol–water partition coefficient (Wildman–Crippen LogP) is 4.61. The van der Waals surface area contributed by atoms with E-state index in [0.29, 0.717) is 29.6 Å². The number of nitrogens with zero attached hydrogens (tertiary/aromatic N) is 5. The van der Waals surface area contributed by atoms with Gasteiger partial charge in [-0.1, -0.05) is 53.3 Å². The van der Waals surface area contributed by atoms with Crippen LogP contribution in [0.3, 0.4) is 0 Å². The molecule has 8 heteroatoms. The van der Waals surface area contributed by atoms with Gasteiger partial charge in [-0.25, -0.2) is 4.39 Å². The van der Waals surface area contributed by atoms with Crippen LogP contribution in [-0.2, 0) is 12.3 Å².